The van der Waals surface area contributed by atoms with Gasteiger partial charge in [-0.05, 0) is 37.2 Å². The van der Waals surface area contributed by atoms with Crippen molar-refractivity contribution in [2.45, 2.75) is 19.3 Å². The van der Waals surface area contributed by atoms with Crippen molar-refractivity contribution >= 4 is 15.9 Å². The highest BCUT2D eigenvalue weighted by Crippen LogP contribution is 2.32. The summed E-state index contributed by atoms with van der Waals surface area (Å²) in [5, 5.41) is 4.18. The molecular formula is C15H24N4O3S. The van der Waals surface area contributed by atoms with Crippen LogP contribution in [0.2, 0.25) is 0 Å². The predicted octanol–water partition coefficient (Wildman–Crippen LogP) is 0.554. The monoisotopic (exact) mass is 340 g/mol. The standard InChI is InChI=1S/C15H24N4O3S/c1-17-7-6-14(16-17)15(20)18-8-3-13(11-18)12-4-9-19(10-5-12)23(2,21)22/h6-7,12-13H,3-5,8-11H2,1-2H3. The molecule has 1 aromatic heterocycles. The molecular weight excluding hydrogens is 316 g/mol. The van der Waals surface area contributed by atoms with Gasteiger partial charge in [0.1, 0.15) is 5.69 Å². The van der Waals surface area contributed by atoms with Gasteiger partial charge in [-0.2, -0.15) is 5.10 Å². The van der Waals surface area contributed by atoms with Crippen LogP contribution in [0.25, 0.3) is 0 Å². The van der Waals surface area contributed by atoms with Gasteiger partial charge < -0.3 is 4.90 Å². The number of aromatic nitrogens is 2. The van der Waals surface area contributed by atoms with Gasteiger partial charge >= 0.3 is 0 Å². The minimum atomic E-state index is -3.07. The van der Waals surface area contributed by atoms with E-state index in [1.54, 1.807) is 28.3 Å². The molecule has 1 unspecified atom stereocenters. The van der Waals surface area contributed by atoms with Crippen molar-refractivity contribution in [3.63, 3.8) is 0 Å². The average molecular weight is 340 g/mol. The highest BCUT2D eigenvalue weighted by molar-refractivity contribution is 7.88. The number of carbonyl (C=O) groups excluding carboxylic acids is 1. The third-order valence-corrected chi connectivity index (χ3v) is 6.38. The van der Waals surface area contributed by atoms with Crippen molar-refractivity contribution in [1.29, 1.82) is 0 Å². The molecule has 0 aromatic carbocycles. The molecule has 0 aliphatic carbocycles. The van der Waals surface area contributed by atoms with Crippen LogP contribution >= 0.6 is 0 Å². The lowest BCUT2D eigenvalue weighted by atomic mass is 9.84. The molecule has 2 fully saturated rings. The summed E-state index contributed by atoms with van der Waals surface area (Å²) >= 11 is 0. The Labute approximate surface area is 137 Å². The molecule has 8 heteroatoms. The van der Waals surface area contributed by atoms with Crippen LogP contribution in [-0.4, -0.2) is 65.7 Å². The Kier molecular flexibility index (Phi) is 4.46. The fourth-order valence-corrected chi connectivity index (χ4v) is 4.60. The zero-order valence-corrected chi connectivity index (χ0v) is 14.5. The molecule has 23 heavy (non-hydrogen) atoms. The second-order valence-corrected chi connectivity index (χ2v) is 8.66. The van der Waals surface area contributed by atoms with Crippen LogP contribution in [0.5, 0.6) is 0 Å². The minimum Gasteiger partial charge on any atom is -0.337 e. The Balaban J connectivity index is 1.55. The average Bonchev–Trinajstić information content (AvgIpc) is 3.15. The Morgan fingerprint density at radius 1 is 1.17 bits per heavy atom. The first kappa shape index (κ1) is 16.4. The summed E-state index contributed by atoms with van der Waals surface area (Å²) in [5.74, 6) is 0.987. The molecule has 128 valence electrons. The molecule has 2 aliphatic heterocycles. The van der Waals surface area contributed by atoms with Crippen LogP contribution in [0.15, 0.2) is 12.3 Å². The van der Waals surface area contributed by atoms with Crippen LogP contribution in [0.1, 0.15) is 29.8 Å². The highest BCUT2D eigenvalue weighted by Gasteiger charge is 2.35. The normalized spacial score (nSPS) is 24.3. The number of carbonyl (C=O) groups is 1. The quantitative estimate of drug-likeness (QED) is 0.805. The number of likely N-dealkylation sites (tertiary alicyclic amines) is 1. The molecule has 0 spiro atoms. The summed E-state index contributed by atoms with van der Waals surface area (Å²) in [6.07, 6.45) is 5.84. The second-order valence-electron chi connectivity index (χ2n) is 6.67. The lowest BCUT2D eigenvalue weighted by Gasteiger charge is -2.33. The van der Waals surface area contributed by atoms with Gasteiger partial charge in [0.05, 0.1) is 6.26 Å². The Morgan fingerprint density at radius 3 is 2.39 bits per heavy atom. The van der Waals surface area contributed by atoms with E-state index in [9.17, 15) is 13.2 Å². The number of rotatable bonds is 3. The van der Waals surface area contributed by atoms with Gasteiger partial charge in [0, 0.05) is 39.4 Å². The number of hydrogen-bond acceptors (Lipinski definition) is 4. The number of piperidine rings is 1. The van der Waals surface area contributed by atoms with Gasteiger partial charge in [-0.1, -0.05) is 0 Å². The van der Waals surface area contributed by atoms with E-state index in [4.69, 9.17) is 0 Å². The van der Waals surface area contributed by atoms with E-state index >= 15 is 0 Å². The van der Waals surface area contributed by atoms with Gasteiger partial charge in [0.2, 0.25) is 10.0 Å². The topological polar surface area (TPSA) is 75.5 Å². The van der Waals surface area contributed by atoms with E-state index in [0.29, 0.717) is 30.6 Å². The minimum absolute atomic E-state index is 0.00155. The first-order valence-corrected chi connectivity index (χ1v) is 9.93. The summed E-state index contributed by atoms with van der Waals surface area (Å²) in [6, 6.07) is 1.75. The predicted molar refractivity (Wildman–Crippen MR) is 86.4 cm³/mol. The van der Waals surface area contributed by atoms with Crippen LogP contribution in [0, 0.1) is 11.8 Å². The summed E-state index contributed by atoms with van der Waals surface area (Å²) in [4.78, 5) is 14.3. The zero-order chi connectivity index (χ0) is 16.6. The zero-order valence-electron chi connectivity index (χ0n) is 13.7. The summed E-state index contributed by atoms with van der Waals surface area (Å²) in [7, 11) is -1.27. The van der Waals surface area contributed by atoms with Gasteiger partial charge in [-0.15, -0.1) is 0 Å². The molecule has 2 aliphatic rings. The Bertz CT molecular complexity index is 677. The third kappa shape index (κ3) is 3.58. The van der Waals surface area contributed by atoms with Crippen LogP contribution < -0.4 is 0 Å². The van der Waals surface area contributed by atoms with E-state index < -0.39 is 10.0 Å². The first-order valence-electron chi connectivity index (χ1n) is 8.08. The van der Waals surface area contributed by atoms with Gasteiger partial charge in [0.25, 0.3) is 5.91 Å². The molecule has 3 heterocycles. The Hall–Kier alpha value is -1.41. The van der Waals surface area contributed by atoms with Gasteiger partial charge in [-0.25, -0.2) is 12.7 Å². The first-order chi connectivity index (χ1) is 10.8. The third-order valence-electron chi connectivity index (χ3n) is 5.08. The van der Waals surface area contributed by atoms with Crippen LogP contribution in [-0.2, 0) is 17.1 Å². The summed E-state index contributed by atoms with van der Waals surface area (Å²) < 4.78 is 26.4. The molecule has 3 rings (SSSR count). The SMILES string of the molecule is Cn1ccc(C(=O)N2CCC(C3CCN(S(C)(=O)=O)CC3)C2)n1. The van der Waals surface area contributed by atoms with Crippen molar-refractivity contribution in [2.24, 2.45) is 18.9 Å². The molecule has 1 aromatic rings. The maximum Gasteiger partial charge on any atom is 0.274 e. The maximum atomic E-state index is 12.4. The van der Waals surface area contributed by atoms with E-state index in [1.807, 2.05) is 4.90 Å². The Morgan fingerprint density at radius 2 is 1.83 bits per heavy atom. The molecule has 0 radical (unpaired) electrons. The molecule has 0 bridgehead atoms. The second kappa shape index (κ2) is 6.24. The van der Waals surface area contributed by atoms with Crippen LogP contribution in [0.4, 0.5) is 0 Å². The van der Waals surface area contributed by atoms with E-state index in [-0.39, 0.29) is 5.91 Å². The van der Waals surface area contributed by atoms with Gasteiger partial charge in [0.15, 0.2) is 0 Å². The fourth-order valence-electron chi connectivity index (χ4n) is 3.73. The fraction of sp³-hybridized carbons (Fsp3) is 0.733. The lowest BCUT2D eigenvalue weighted by Crippen LogP contribution is -2.40. The summed E-state index contributed by atoms with van der Waals surface area (Å²) in [5.41, 5.74) is 0.500. The van der Waals surface area contributed by atoms with Crippen molar-refractivity contribution in [1.82, 2.24) is 19.0 Å². The molecule has 1 amide bonds. The van der Waals surface area contributed by atoms with Crippen molar-refractivity contribution < 1.29 is 13.2 Å². The van der Waals surface area contributed by atoms with Gasteiger partial charge in [-0.3, -0.25) is 9.48 Å². The largest absolute Gasteiger partial charge is 0.337 e. The number of nitrogens with zero attached hydrogens (tertiary/aromatic N) is 4. The van der Waals surface area contributed by atoms with E-state index in [0.717, 1.165) is 32.4 Å². The highest BCUT2D eigenvalue weighted by atomic mass is 32.2. The van der Waals surface area contributed by atoms with E-state index in [1.165, 1.54) is 6.26 Å². The molecule has 2 saturated heterocycles. The molecule has 0 N–H and O–H groups in total. The van der Waals surface area contributed by atoms with Crippen molar-refractivity contribution in [3.05, 3.63) is 18.0 Å². The van der Waals surface area contributed by atoms with Crippen LogP contribution in [0.3, 0.4) is 0 Å². The summed E-state index contributed by atoms with van der Waals surface area (Å²) in [6.45, 7) is 2.74. The van der Waals surface area contributed by atoms with E-state index in [2.05, 4.69) is 5.10 Å². The smallest absolute Gasteiger partial charge is 0.274 e. The lowest BCUT2D eigenvalue weighted by molar-refractivity contribution is 0.0772. The number of amides is 1. The molecule has 7 nitrogen and oxygen atoms in total. The molecule has 0 saturated carbocycles. The maximum absolute atomic E-state index is 12.4. The number of hydrogen-bond donors (Lipinski definition) is 0. The number of aryl methyl sites for hydroxylation is 1. The number of sulfonamides is 1. The van der Waals surface area contributed by atoms with Crippen molar-refractivity contribution in [3.8, 4) is 0 Å². The molecule has 1 atom stereocenters. The van der Waals surface area contributed by atoms with Crippen molar-refractivity contribution in [2.75, 3.05) is 32.4 Å².